The van der Waals surface area contributed by atoms with Crippen molar-refractivity contribution >= 4 is 17.7 Å². The second kappa shape index (κ2) is 9.40. The zero-order valence-electron chi connectivity index (χ0n) is 17.7. The third-order valence-corrected chi connectivity index (χ3v) is 5.04. The quantitative estimate of drug-likeness (QED) is 0.426. The van der Waals surface area contributed by atoms with Gasteiger partial charge in [-0.25, -0.2) is 9.59 Å². The second-order valence-electron chi connectivity index (χ2n) is 6.74. The fraction of sp³-hybridized carbons (Fsp3) is 0.208. The van der Waals surface area contributed by atoms with Crippen LogP contribution in [0.4, 0.5) is 0 Å². The summed E-state index contributed by atoms with van der Waals surface area (Å²) in [5.41, 5.74) is 1.75. The maximum Gasteiger partial charge on any atom is 0.355 e. The minimum absolute atomic E-state index is 0.0221. The van der Waals surface area contributed by atoms with E-state index < -0.39 is 18.0 Å². The predicted octanol–water partition coefficient (Wildman–Crippen LogP) is 3.84. The highest BCUT2D eigenvalue weighted by atomic mass is 16.5. The van der Waals surface area contributed by atoms with Crippen molar-refractivity contribution in [1.82, 2.24) is 4.57 Å². The number of carbonyl (C=O) groups excluding carboxylic acids is 3. The Balaban J connectivity index is 2.39. The molecule has 1 atom stereocenters. The third-order valence-electron chi connectivity index (χ3n) is 5.04. The molecule has 0 aliphatic carbocycles. The number of hydrogen-bond donors (Lipinski definition) is 0. The molecule has 0 spiro atoms. The number of rotatable bonds is 7. The summed E-state index contributed by atoms with van der Waals surface area (Å²) in [6, 6.07) is 17.7. The molecule has 0 saturated carbocycles. The van der Waals surface area contributed by atoms with Crippen LogP contribution in [0.1, 0.15) is 42.9 Å². The molecule has 0 saturated heterocycles. The minimum atomic E-state index is -1.16. The van der Waals surface area contributed by atoms with Crippen LogP contribution in [-0.2, 0) is 21.3 Å². The zero-order valence-corrected chi connectivity index (χ0v) is 17.7. The van der Waals surface area contributed by atoms with Gasteiger partial charge in [0.05, 0.1) is 25.5 Å². The van der Waals surface area contributed by atoms with Gasteiger partial charge in [-0.3, -0.25) is 4.79 Å². The smallest absolute Gasteiger partial charge is 0.355 e. The highest BCUT2D eigenvalue weighted by Crippen LogP contribution is 2.39. The number of Topliss-reactive ketones (excluding diaryl/α,β-unsaturated/α-hetero) is 1. The Hall–Kier alpha value is -3.71. The van der Waals surface area contributed by atoms with Crippen LogP contribution in [0, 0.1) is 0 Å². The van der Waals surface area contributed by atoms with E-state index >= 15 is 0 Å². The lowest BCUT2D eigenvalue weighted by Crippen LogP contribution is -2.20. The third kappa shape index (κ3) is 4.00. The molecule has 7 heteroatoms. The fourth-order valence-corrected chi connectivity index (χ4v) is 3.66. The number of ether oxygens (including phenoxy) is 3. The Labute approximate surface area is 180 Å². The monoisotopic (exact) mass is 421 g/mol. The van der Waals surface area contributed by atoms with Crippen molar-refractivity contribution < 1.29 is 28.6 Å². The van der Waals surface area contributed by atoms with Crippen LogP contribution in [0.15, 0.2) is 60.7 Å². The number of benzene rings is 2. The van der Waals surface area contributed by atoms with E-state index in [1.54, 1.807) is 37.4 Å². The number of methoxy groups -OCH3 is 3. The van der Waals surface area contributed by atoms with Gasteiger partial charge in [0.2, 0.25) is 0 Å². The molecule has 0 fully saturated rings. The summed E-state index contributed by atoms with van der Waals surface area (Å²) in [5, 5.41) is 0. The van der Waals surface area contributed by atoms with Crippen LogP contribution in [0.3, 0.4) is 0 Å². The van der Waals surface area contributed by atoms with Gasteiger partial charge in [-0.05, 0) is 5.56 Å². The van der Waals surface area contributed by atoms with Crippen LogP contribution < -0.4 is 0 Å². The van der Waals surface area contributed by atoms with Crippen molar-refractivity contribution in [1.29, 1.82) is 0 Å². The topological polar surface area (TPSA) is 83.8 Å². The van der Waals surface area contributed by atoms with E-state index in [0.29, 0.717) is 16.8 Å². The van der Waals surface area contributed by atoms with E-state index in [4.69, 9.17) is 14.2 Å². The number of aromatic nitrogens is 1. The van der Waals surface area contributed by atoms with E-state index in [1.807, 2.05) is 30.3 Å². The summed E-state index contributed by atoms with van der Waals surface area (Å²) in [6.07, 6.45) is -1.16. The molecule has 7 nitrogen and oxygen atoms in total. The summed E-state index contributed by atoms with van der Waals surface area (Å²) in [4.78, 5) is 38.9. The van der Waals surface area contributed by atoms with Gasteiger partial charge in [0.15, 0.2) is 5.78 Å². The Kier molecular flexibility index (Phi) is 6.67. The van der Waals surface area contributed by atoms with Crippen molar-refractivity contribution in [3.05, 3.63) is 83.0 Å². The van der Waals surface area contributed by atoms with Gasteiger partial charge in [0.25, 0.3) is 0 Å². The highest BCUT2D eigenvalue weighted by molar-refractivity contribution is 6.09. The summed E-state index contributed by atoms with van der Waals surface area (Å²) in [6.45, 7) is 0. The Morgan fingerprint density at radius 3 is 1.87 bits per heavy atom. The van der Waals surface area contributed by atoms with E-state index in [1.165, 1.54) is 25.9 Å². The lowest BCUT2D eigenvalue weighted by Gasteiger charge is -2.18. The maximum atomic E-state index is 13.4. The van der Waals surface area contributed by atoms with Gasteiger partial charge >= 0.3 is 11.9 Å². The Morgan fingerprint density at radius 1 is 0.806 bits per heavy atom. The number of carbonyl (C=O) groups is 3. The molecule has 0 aliphatic rings. The van der Waals surface area contributed by atoms with Crippen molar-refractivity contribution in [2.75, 3.05) is 21.3 Å². The highest BCUT2D eigenvalue weighted by Gasteiger charge is 2.38. The zero-order chi connectivity index (χ0) is 22.5. The Morgan fingerprint density at radius 2 is 1.35 bits per heavy atom. The van der Waals surface area contributed by atoms with Crippen LogP contribution in [0.25, 0.3) is 11.3 Å². The SMILES string of the molecule is COC(=O)c1c(C(OC)C(=O)c2ccccc2)c(-c2ccccc2)n(C)c1C(=O)OC. The van der Waals surface area contributed by atoms with Gasteiger partial charge in [-0.15, -0.1) is 0 Å². The van der Waals surface area contributed by atoms with Crippen LogP contribution >= 0.6 is 0 Å². The molecule has 0 N–H and O–H groups in total. The van der Waals surface area contributed by atoms with Crippen LogP contribution in [0.2, 0.25) is 0 Å². The molecule has 0 aliphatic heterocycles. The molecule has 3 rings (SSSR count). The normalized spacial score (nSPS) is 11.6. The van der Waals surface area contributed by atoms with Gasteiger partial charge in [0.1, 0.15) is 11.8 Å². The molecule has 3 aromatic rings. The minimum Gasteiger partial charge on any atom is -0.465 e. The molecule has 2 aromatic carbocycles. The van der Waals surface area contributed by atoms with E-state index in [9.17, 15) is 14.4 Å². The maximum absolute atomic E-state index is 13.4. The molecule has 1 aromatic heterocycles. The van der Waals surface area contributed by atoms with E-state index in [-0.39, 0.29) is 22.6 Å². The lowest BCUT2D eigenvalue weighted by molar-refractivity contribution is 0.0528. The molecule has 1 unspecified atom stereocenters. The first kappa shape index (κ1) is 22.0. The average molecular weight is 421 g/mol. The molecular formula is C24H23NO6. The van der Waals surface area contributed by atoms with Gasteiger partial charge in [-0.2, -0.15) is 0 Å². The number of hydrogen-bond acceptors (Lipinski definition) is 6. The first-order valence-electron chi connectivity index (χ1n) is 9.52. The summed E-state index contributed by atoms with van der Waals surface area (Å²) in [5.74, 6) is -1.85. The van der Waals surface area contributed by atoms with E-state index in [2.05, 4.69) is 0 Å². The first-order chi connectivity index (χ1) is 15.0. The molecule has 31 heavy (non-hydrogen) atoms. The number of ketones is 1. The second-order valence-corrected chi connectivity index (χ2v) is 6.74. The van der Waals surface area contributed by atoms with Crippen molar-refractivity contribution in [3.63, 3.8) is 0 Å². The largest absolute Gasteiger partial charge is 0.465 e. The van der Waals surface area contributed by atoms with E-state index in [0.717, 1.165) is 0 Å². The molecule has 0 bridgehead atoms. The molecule has 0 radical (unpaired) electrons. The molecule has 1 heterocycles. The standard InChI is InChI=1S/C24H23NO6/c1-25-19(15-11-7-5-8-12-15)17(18(23(27)30-3)20(25)24(28)31-4)22(29-2)21(26)16-13-9-6-10-14-16/h5-14,22H,1-4H3. The van der Waals surface area contributed by atoms with Gasteiger partial charge in [0, 0.05) is 25.3 Å². The van der Waals surface area contributed by atoms with Crippen LogP contribution in [-0.4, -0.2) is 43.6 Å². The fourth-order valence-electron chi connectivity index (χ4n) is 3.66. The molecule has 0 amide bonds. The van der Waals surface area contributed by atoms with Crippen LogP contribution in [0.5, 0.6) is 0 Å². The first-order valence-corrected chi connectivity index (χ1v) is 9.52. The van der Waals surface area contributed by atoms with Gasteiger partial charge in [-0.1, -0.05) is 60.7 Å². The van der Waals surface area contributed by atoms with Crippen molar-refractivity contribution in [2.45, 2.75) is 6.10 Å². The lowest BCUT2D eigenvalue weighted by atomic mass is 9.93. The molecular weight excluding hydrogens is 398 g/mol. The van der Waals surface area contributed by atoms with Crippen molar-refractivity contribution in [3.8, 4) is 11.3 Å². The summed E-state index contributed by atoms with van der Waals surface area (Å²) in [7, 11) is 5.45. The summed E-state index contributed by atoms with van der Waals surface area (Å²) < 4.78 is 17.0. The molecule has 160 valence electrons. The average Bonchev–Trinajstić information content (AvgIpc) is 3.12. The number of nitrogens with zero attached hydrogens (tertiary/aromatic N) is 1. The summed E-state index contributed by atoms with van der Waals surface area (Å²) >= 11 is 0. The van der Waals surface area contributed by atoms with Crippen molar-refractivity contribution in [2.24, 2.45) is 7.05 Å². The van der Waals surface area contributed by atoms with Gasteiger partial charge < -0.3 is 18.8 Å². The Bertz CT molecular complexity index is 1100. The predicted molar refractivity (Wildman–Crippen MR) is 114 cm³/mol. The number of esters is 2.